The lowest BCUT2D eigenvalue weighted by Gasteiger charge is -2.22. The van der Waals surface area contributed by atoms with Crippen molar-refractivity contribution in [2.75, 3.05) is 20.2 Å². The number of carbonyl (C=O) groups is 1. The quantitative estimate of drug-likeness (QED) is 0.895. The summed E-state index contributed by atoms with van der Waals surface area (Å²) in [7, 11) is 1.58. The van der Waals surface area contributed by atoms with Crippen molar-refractivity contribution in [3.63, 3.8) is 0 Å². The number of thiophene rings is 1. The van der Waals surface area contributed by atoms with E-state index in [0.29, 0.717) is 30.1 Å². The lowest BCUT2D eigenvalue weighted by Crippen LogP contribution is -2.33. The minimum atomic E-state index is -0.644. The molecule has 0 aromatic carbocycles. The minimum Gasteiger partial charge on any atom is -0.495 e. The normalized spacial score (nSPS) is 24.7. The highest BCUT2D eigenvalue weighted by molar-refractivity contribution is 7.12. The fourth-order valence-electron chi connectivity index (χ4n) is 2.22. The van der Waals surface area contributed by atoms with Crippen molar-refractivity contribution in [2.45, 2.75) is 31.8 Å². The third-order valence-electron chi connectivity index (χ3n) is 3.39. The smallest absolute Gasteiger partial charge is 0.267 e. The van der Waals surface area contributed by atoms with Crippen LogP contribution in [-0.4, -0.2) is 41.7 Å². The number of ether oxygens (including phenoxy) is 1. The zero-order valence-electron chi connectivity index (χ0n) is 10.8. The number of likely N-dealkylation sites (tertiary alicyclic amines) is 1. The lowest BCUT2D eigenvalue weighted by atomic mass is 9.98. The molecular weight excluding hydrogens is 250 g/mol. The maximum absolute atomic E-state index is 12.4. The van der Waals surface area contributed by atoms with Crippen LogP contribution in [0.15, 0.2) is 11.4 Å². The molecule has 18 heavy (non-hydrogen) atoms. The highest BCUT2D eigenvalue weighted by Crippen LogP contribution is 2.28. The number of amides is 1. The summed E-state index contributed by atoms with van der Waals surface area (Å²) >= 11 is 1.40. The van der Waals surface area contributed by atoms with Gasteiger partial charge in [-0.3, -0.25) is 4.79 Å². The third-order valence-corrected chi connectivity index (χ3v) is 4.28. The minimum absolute atomic E-state index is 0.0135. The molecule has 1 aromatic rings. The number of aliphatic hydroxyl groups is 1. The van der Waals surface area contributed by atoms with Gasteiger partial charge >= 0.3 is 0 Å². The zero-order chi connectivity index (χ0) is 13.2. The average Bonchev–Trinajstić information content (AvgIpc) is 2.73. The predicted octanol–water partition coefficient (Wildman–Crippen LogP) is 2.13. The molecule has 0 bridgehead atoms. The van der Waals surface area contributed by atoms with E-state index in [-0.39, 0.29) is 5.91 Å². The van der Waals surface area contributed by atoms with Crippen molar-refractivity contribution in [2.24, 2.45) is 0 Å². The van der Waals surface area contributed by atoms with Gasteiger partial charge in [0.25, 0.3) is 5.91 Å². The molecule has 1 amide bonds. The molecule has 2 rings (SSSR count). The first-order valence-electron chi connectivity index (χ1n) is 6.17. The summed E-state index contributed by atoms with van der Waals surface area (Å²) in [6.45, 7) is 3.15. The molecule has 100 valence electrons. The monoisotopic (exact) mass is 269 g/mol. The molecule has 1 N–H and O–H groups in total. The molecule has 1 unspecified atom stereocenters. The largest absolute Gasteiger partial charge is 0.495 e. The van der Waals surface area contributed by atoms with Crippen molar-refractivity contribution in [3.05, 3.63) is 16.3 Å². The maximum Gasteiger partial charge on any atom is 0.267 e. The Morgan fingerprint density at radius 2 is 2.28 bits per heavy atom. The maximum atomic E-state index is 12.4. The van der Waals surface area contributed by atoms with Crippen LogP contribution in [0.4, 0.5) is 0 Å². The molecule has 0 saturated carbocycles. The number of hydrogen-bond acceptors (Lipinski definition) is 4. The average molecular weight is 269 g/mol. The Bertz CT molecular complexity index is 428. The Hall–Kier alpha value is -1.07. The Kier molecular flexibility index (Phi) is 3.92. The molecule has 2 heterocycles. The van der Waals surface area contributed by atoms with Crippen LogP contribution in [-0.2, 0) is 0 Å². The predicted molar refractivity (Wildman–Crippen MR) is 71.2 cm³/mol. The van der Waals surface area contributed by atoms with Gasteiger partial charge in [-0.2, -0.15) is 0 Å². The molecule has 4 nitrogen and oxygen atoms in total. The summed E-state index contributed by atoms with van der Waals surface area (Å²) in [6, 6.07) is 1.81. The van der Waals surface area contributed by atoms with Crippen LogP contribution >= 0.6 is 11.3 Å². The van der Waals surface area contributed by atoms with Crippen molar-refractivity contribution in [1.82, 2.24) is 4.90 Å². The number of hydrogen-bond donors (Lipinski definition) is 1. The summed E-state index contributed by atoms with van der Waals surface area (Å²) in [5, 5.41) is 11.9. The van der Waals surface area contributed by atoms with Crippen molar-refractivity contribution in [3.8, 4) is 5.75 Å². The first kappa shape index (κ1) is 13.4. The summed E-state index contributed by atoms with van der Waals surface area (Å²) in [4.78, 5) is 14.8. The van der Waals surface area contributed by atoms with E-state index in [1.165, 1.54) is 11.3 Å². The van der Waals surface area contributed by atoms with Gasteiger partial charge in [0.1, 0.15) is 10.6 Å². The Balaban J connectivity index is 2.10. The van der Waals surface area contributed by atoms with Crippen LogP contribution in [0.25, 0.3) is 0 Å². The molecule has 1 aliphatic rings. The molecule has 1 fully saturated rings. The number of methoxy groups -OCH3 is 1. The van der Waals surface area contributed by atoms with E-state index in [9.17, 15) is 9.90 Å². The van der Waals surface area contributed by atoms with Crippen LogP contribution in [0.5, 0.6) is 5.75 Å². The number of rotatable bonds is 2. The topological polar surface area (TPSA) is 49.8 Å². The second kappa shape index (κ2) is 5.28. The van der Waals surface area contributed by atoms with Crippen molar-refractivity contribution < 1.29 is 14.6 Å². The van der Waals surface area contributed by atoms with Gasteiger partial charge in [0.15, 0.2) is 0 Å². The van der Waals surface area contributed by atoms with Crippen LogP contribution in [0.1, 0.15) is 35.9 Å². The van der Waals surface area contributed by atoms with Gasteiger partial charge in [0.05, 0.1) is 12.7 Å². The molecule has 0 radical (unpaired) electrons. The SMILES string of the molecule is COc1ccsc1C(=O)N1CCCC(C)(O)CC1. The summed E-state index contributed by atoms with van der Waals surface area (Å²) in [5.41, 5.74) is -0.644. The molecular formula is C13H19NO3S. The number of nitrogens with zero attached hydrogens (tertiary/aromatic N) is 1. The summed E-state index contributed by atoms with van der Waals surface area (Å²) < 4.78 is 5.18. The van der Waals surface area contributed by atoms with E-state index in [4.69, 9.17) is 4.74 Å². The fourth-order valence-corrected chi connectivity index (χ4v) is 3.05. The van der Waals surface area contributed by atoms with Crippen molar-refractivity contribution >= 4 is 17.2 Å². The van der Waals surface area contributed by atoms with Gasteiger partial charge in [0, 0.05) is 13.1 Å². The first-order chi connectivity index (χ1) is 8.53. The standard InChI is InChI=1S/C13H19NO3S/c1-13(16)5-3-7-14(8-6-13)12(15)11-10(17-2)4-9-18-11/h4,9,16H,3,5-8H2,1-2H3. The second-order valence-corrected chi connectivity index (χ2v) is 5.88. The van der Waals surface area contributed by atoms with E-state index in [1.54, 1.807) is 7.11 Å². The van der Waals surface area contributed by atoms with E-state index in [0.717, 1.165) is 12.8 Å². The molecule has 5 heteroatoms. The van der Waals surface area contributed by atoms with Crippen LogP contribution < -0.4 is 4.74 Å². The van der Waals surface area contributed by atoms with Gasteiger partial charge in [0.2, 0.25) is 0 Å². The van der Waals surface area contributed by atoms with Gasteiger partial charge in [-0.25, -0.2) is 0 Å². The Labute approximate surface area is 111 Å². The second-order valence-electron chi connectivity index (χ2n) is 4.96. The molecule has 0 aliphatic carbocycles. The van der Waals surface area contributed by atoms with Gasteiger partial charge in [-0.05, 0) is 37.6 Å². The Morgan fingerprint density at radius 1 is 1.50 bits per heavy atom. The molecule has 0 spiro atoms. The van der Waals surface area contributed by atoms with Crippen LogP contribution in [0, 0.1) is 0 Å². The lowest BCUT2D eigenvalue weighted by molar-refractivity contribution is 0.0438. The zero-order valence-corrected chi connectivity index (χ0v) is 11.6. The van der Waals surface area contributed by atoms with E-state index < -0.39 is 5.60 Å². The molecule has 1 aliphatic heterocycles. The van der Waals surface area contributed by atoms with E-state index in [2.05, 4.69) is 0 Å². The van der Waals surface area contributed by atoms with Gasteiger partial charge in [-0.1, -0.05) is 0 Å². The van der Waals surface area contributed by atoms with E-state index >= 15 is 0 Å². The summed E-state index contributed by atoms with van der Waals surface area (Å²) in [6.07, 6.45) is 2.22. The highest BCUT2D eigenvalue weighted by Gasteiger charge is 2.28. The number of carbonyl (C=O) groups excluding carboxylic acids is 1. The molecule has 1 aromatic heterocycles. The van der Waals surface area contributed by atoms with Gasteiger partial charge < -0.3 is 14.7 Å². The Morgan fingerprint density at radius 3 is 3.00 bits per heavy atom. The molecule has 1 saturated heterocycles. The van der Waals surface area contributed by atoms with Crippen molar-refractivity contribution in [1.29, 1.82) is 0 Å². The third kappa shape index (κ3) is 2.84. The first-order valence-corrected chi connectivity index (χ1v) is 7.04. The van der Waals surface area contributed by atoms with Crippen LogP contribution in [0.2, 0.25) is 0 Å². The summed E-state index contributed by atoms with van der Waals surface area (Å²) in [5.74, 6) is 0.653. The van der Waals surface area contributed by atoms with E-state index in [1.807, 2.05) is 23.3 Å². The molecule has 1 atom stereocenters. The van der Waals surface area contributed by atoms with Gasteiger partial charge in [-0.15, -0.1) is 11.3 Å². The van der Waals surface area contributed by atoms with Crippen LogP contribution in [0.3, 0.4) is 0 Å². The highest BCUT2D eigenvalue weighted by atomic mass is 32.1. The fraction of sp³-hybridized carbons (Fsp3) is 0.615.